The monoisotopic (exact) mass is 290 g/mol. The first-order valence-corrected chi connectivity index (χ1v) is 6.75. The Morgan fingerprint density at radius 1 is 1.32 bits per heavy atom. The molecule has 0 aliphatic rings. The van der Waals surface area contributed by atoms with Crippen LogP contribution >= 0.6 is 0 Å². The fourth-order valence-electron chi connectivity index (χ4n) is 2.17. The Balaban J connectivity index is 2.14. The van der Waals surface area contributed by atoms with Crippen LogP contribution in [0, 0.1) is 11.3 Å². The van der Waals surface area contributed by atoms with Crippen LogP contribution in [-0.2, 0) is 6.37 Å². The summed E-state index contributed by atoms with van der Waals surface area (Å²) in [6, 6.07) is 14.1. The van der Waals surface area contributed by atoms with Gasteiger partial charge in [0.05, 0.1) is 18.7 Å². The number of nitrogens with one attached hydrogen (secondary N) is 1. The summed E-state index contributed by atoms with van der Waals surface area (Å²) in [6.07, 6.45) is 1.55. The van der Waals surface area contributed by atoms with Gasteiger partial charge in [0.2, 0.25) is 0 Å². The Hall–Kier alpha value is -3.06. The molecule has 0 fully saturated rings. The van der Waals surface area contributed by atoms with Gasteiger partial charge < -0.3 is 9.72 Å². The van der Waals surface area contributed by atoms with Crippen molar-refractivity contribution in [3.8, 4) is 23.1 Å². The van der Waals surface area contributed by atoms with Crippen LogP contribution in [0.3, 0.4) is 0 Å². The van der Waals surface area contributed by atoms with E-state index in [2.05, 4.69) is 16.0 Å². The Bertz CT molecular complexity index is 899. The summed E-state index contributed by atoms with van der Waals surface area (Å²) >= 11 is 0. The van der Waals surface area contributed by atoms with E-state index in [1.165, 1.54) is 7.11 Å². The molecule has 2 aromatic heterocycles. The number of nitrogens with zero attached hydrogens (tertiary/aromatic N) is 2. The molecule has 0 amide bonds. The molecule has 22 heavy (non-hydrogen) atoms. The van der Waals surface area contributed by atoms with Crippen LogP contribution in [0.25, 0.3) is 11.3 Å². The maximum atomic E-state index is 9.08. The zero-order valence-electron chi connectivity index (χ0n) is 14.0. The summed E-state index contributed by atoms with van der Waals surface area (Å²) in [6.45, 7) is 0. The van der Waals surface area contributed by atoms with Gasteiger partial charge in [-0.3, -0.25) is 0 Å². The van der Waals surface area contributed by atoms with E-state index in [0.717, 1.165) is 0 Å². The summed E-state index contributed by atoms with van der Waals surface area (Å²) < 4.78 is 22.1. The number of ether oxygens (including phenoxy) is 1. The SMILES string of the molecule is [2H]C([2H])(c1cc[nH]c1)c1ccc(O[11CH3])c(-c2cccc(C#N)c2)n1. The first-order valence-electron chi connectivity index (χ1n) is 7.75. The summed E-state index contributed by atoms with van der Waals surface area (Å²) in [5, 5.41) is 9.08. The Morgan fingerprint density at radius 3 is 2.95 bits per heavy atom. The molecular formula is C18H15N3O. The molecule has 0 atom stereocenters. The number of methoxy groups -OCH3 is 1. The standard InChI is InChI=1S/C18H15N3O/c1-22-17-6-5-16(10-14-7-8-20-12-14)21-18(17)15-4-2-3-13(9-15)11-19/h2-9,12,20H,10H2,1H3/i1-1,10D2. The summed E-state index contributed by atoms with van der Waals surface area (Å²) in [5.74, 6) is 0.527. The van der Waals surface area contributed by atoms with Crippen molar-refractivity contribution >= 4 is 0 Å². The fourth-order valence-corrected chi connectivity index (χ4v) is 2.17. The second-order valence-corrected chi connectivity index (χ2v) is 4.66. The summed E-state index contributed by atoms with van der Waals surface area (Å²) in [5.41, 5.74) is 2.50. The topological polar surface area (TPSA) is 61.7 Å². The lowest BCUT2D eigenvalue weighted by Gasteiger charge is -2.10. The van der Waals surface area contributed by atoms with Gasteiger partial charge in [0.15, 0.2) is 0 Å². The van der Waals surface area contributed by atoms with Gasteiger partial charge >= 0.3 is 0 Å². The zero-order chi connectivity index (χ0) is 17.2. The lowest BCUT2D eigenvalue weighted by Crippen LogP contribution is -1.97. The Labute approximate surface area is 131 Å². The van der Waals surface area contributed by atoms with Gasteiger partial charge in [-0.05, 0) is 35.9 Å². The Morgan fingerprint density at radius 2 is 2.23 bits per heavy atom. The van der Waals surface area contributed by atoms with Crippen molar-refractivity contribution in [3.63, 3.8) is 0 Å². The molecule has 1 N–H and O–H groups in total. The van der Waals surface area contributed by atoms with E-state index < -0.39 is 6.37 Å². The molecule has 0 saturated heterocycles. The van der Waals surface area contributed by atoms with Crippen LogP contribution in [0.15, 0.2) is 54.9 Å². The van der Waals surface area contributed by atoms with Gasteiger partial charge in [-0.1, -0.05) is 12.1 Å². The highest BCUT2D eigenvalue weighted by Crippen LogP contribution is 2.29. The molecule has 108 valence electrons. The fraction of sp³-hybridized carbons (Fsp3) is 0.111. The van der Waals surface area contributed by atoms with Crippen molar-refractivity contribution in [3.05, 3.63) is 71.7 Å². The summed E-state index contributed by atoms with van der Waals surface area (Å²) in [7, 11) is 1.54. The highest BCUT2D eigenvalue weighted by atomic mass is 16.4. The maximum absolute atomic E-state index is 9.08. The van der Waals surface area contributed by atoms with Gasteiger partial charge in [-0.15, -0.1) is 0 Å². The van der Waals surface area contributed by atoms with Crippen molar-refractivity contribution in [2.24, 2.45) is 0 Å². The van der Waals surface area contributed by atoms with Crippen molar-refractivity contribution in [1.29, 1.82) is 5.26 Å². The van der Waals surface area contributed by atoms with Gasteiger partial charge in [0.1, 0.15) is 11.4 Å². The second-order valence-electron chi connectivity index (χ2n) is 4.66. The van der Waals surface area contributed by atoms with Crippen molar-refractivity contribution in [2.75, 3.05) is 7.11 Å². The number of pyridine rings is 1. The van der Waals surface area contributed by atoms with Crippen LogP contribution in [0.2, 0.25) is 0 Å². The van der Waals surface area contributed by atoms with Crippen molar-refractivity contribution in [2.45, 2.75) is 6.37 Å². The van der Waals surface area contributed by atoms with Crippen LogP contribution in [-0.4, -0.2) is 17.1 Å². The summed E-state index contributed by atoms with van der Waals surface area (Å²) in [4.78, 5) is 7.35. The lowest BCUT2D eigenvalue weighted by atomic mass is 10.1. The van der Waals surface area contributed by atoms with Gasteiger partial charge in [-0.25, -0.2) is 4.98 Å². The second kappa shape index (κ2) is 6.15. The number of nitriles is 1. The third kappa shape index (κ3) is 2.84. The molecule has 4 heteroatoms. The van der Waals surface area contributed by atoms with Crippen molar-refractivity contribution in [1.82, 2.24) is 9.97 Å². The molecule has 2 heterocycles. The van der Waals surface area contributed by atoms with E-state index in [0.29, 0.717) is 28.1 Å². The van der Waals surface area contributed by atoms with Crippen LogP contribution < -0.4 is 4.74 Å². The number of rotatable bonds is 4. The number of hydrogen-bond donors (Lipinski definition) is 1. The zero-order valence-corrected chi connectivity index (χ0v) is 12.0. The van der Waals surface area contributed by atoms with E-state index >= 15 is 0 Å². The molecule has 1 aromatic carbocycles. The minimum absolute atomic E-state index is 0.278. The number of hydrogen-bond acceptors (Lipinski definition) is 3. The minimum Gasteiger partial charge on any atom is -0.494 e. The Kier molecular flexibility index (Phi) is 3.24. The minimum atomic E-state index is -1.74. The lowest BCUT2D eigenvalue weighted by molar-refractivity contribution is 0.414. The predicted molar refractivity (Wildman–Crippen MR) is 84.5 cm³/mol. The van der Waals surface area contributed by atoms with E-state index in [-0.39, 0.29) is 5.69 Å². The molecule has 3 aromatic rings. The number of aromatic amines is 1. The predicted octanol–water partition coefficient (Wildman–Crippen LogP) is 3.55. The van der Waals surface area contributed by atoms with Gasteiger partial charge in [0.25, 0.3) is 0 Å². The maximum Gasteiger partial charge on any atom is 0.145 e. The molecule has 0 radical (unpaired) electrons. The van der Waals surface area contributed by atoms with Crippen LogP contribution in [0.1, 0.15) is 19.6 Å². The largest absolute Gasteiger partial charge is 0.494 e. The average molecular weight is 290 g/mol. The van der Waals surface area contributed by atoms with E-state index in [9.17, 15) is 0 Å². The third-order valence-electron chi connectivity index (χ3n) is 3.21. The number of benzene rings is 1. The number of H-pyrrole nitrogens is 1. The molecule has 0 spiro atoms. The first-order chi connectivity index (χ1) is 11.6. The molecule has 3 rings (SSSR count). The van der Waals surface area contributed by atoms with Gasteiger partial charge in [-0.2, -0.15) is 5.26 Å². The molecule has 4 nitrogen and oxygen atoms in total. The molecule has 0 aliphatic heterocycles. The normalized spacial score (nSPS) is 12.2. The highest BCUT2D eigenvalue weighted by molar-refractivity contribution is 5.68. The van der Waals surface area contributed by atoms with Crippen LogP contribution in [0.4, 0.5) is 0 Å². The molecule has 0 aliphatic carbocycles. The van der Waals surface area contributed by atoms with Gasteiger partial charge in [0, 0.05) is 32.8 Å². The first kappa shape index (κ1) is 11.6. The highest BCUT2D eigenvalue weighted by Gasteiger charge is 2.10. The smallest absolute Gasteiger partial charge is 0.145 e. The van der Waals surface area contributed by atoms with E-state index in [4.69, 9.17) is 12.7 Å². The van der Waals surface area contributed by atoms with E-state index in [1.54, 1.807) is 48.8 Å². The molecule has 0 bridgehead atoms. The quantitative estimate of drug-likeness (QED) is 0.799. The third-order valence-corrected chi connectivity index (χ3v) is 3.21. The molecule has 0 saturated carbocycles. The van der Waals surface area contributed by atoms with E-state index in [1.807, 2.05) is 6.07 Å². The molecular weight excluding hydrogens is 273 g/mol. The van der Waals surface area contributed by atoms with Crippen molar-refractivity contribution < 1.29 is 7.48 Å². The molecule has 0 unspecified atom stereocenters. The number of aromatic nitrogens is 2. The van der Waals surface area contributed by atoms with Crippen LogP contribution in [0.5, 0.6) is 5.75 Å². The average Bonchev–Trinajstić information content (AvgIpc) is 3.16.